The van der Waals surface area contributed by atoms with Crippen molar-refractivity contribution in [2.45, 2.75) is 54.5 Å². The summed E-state index contributed by atoms with van der Waals surface area (Å²) in [5, 5.41) is 5.24. The lowest BCUT2D eigenvalue weighted by Crippen LogP contribution is -2.91. The van der Waals surface area contributed by atoms with Crippen LogP contribution in [0.1, 0.15) is 30.4 Å². The predicted octanol–water partition coefficient (Wildman–Crippen LogP) is 2.80. The van der Waals surface area contributed by atoms with Crippen LogP contribution >= 0.6 is 0 Å². The number of nitrogens with zero attached hydrogens (tertiary/aromatic N) is 4. The number of benzene rings is 2. The minimum atomic E-state index is -0.496. The Morgan fingerprint density at radius 2 is 1.79 bits per heavy atom. The standard InChI is InChI=1S/C27H32N4O3/c1-28-14-13-25-22-18-9-10-20(32-2)23(22)34-24(25)27(33-3)12-11-26(25,21(28)15-18)30-16-29(17-31(27)30)19-7-5-4-6-8-19/h4-10,21,24H,11-17H2,1-3H3. The zero-order chi connectivity index (χ0) is 22.9. The summed E-state index contributed by atoms with van der Waals surface area (Å²) >= 11 is 0. The average molecular weight is 461 g/mol. The van der Waals surface area contributed by atoms with Crippen LogP contribution in [-0.2, 0) is 16.6 Å². The number of piperidine rings is 1. The third kappa shape index (κ3) is 1.89. The highest BCUT2D eigenvalue weighted by Gasteiger charge is 2.84. The molecule has 5 unspecified atom stereocenters. The molecule has 0 N–H and O–H groups in total. The van der Waals surface area contributed by atoms with E-state index < -0.39 is 5.72 Å². The summed E-state index contributed by atoms with van der Waals surface area (Å²) in [4.78, 5) is 5.12. The number of hydrazine groups is 1. The first-order valence-electron chi connectivity index (χ1n) is 12.6. The molecule has 7 heteroatoms. The Labute approximate surface area is 200 Å². The quantitative estimate of drug-likeness (QED) is 0.698. The van der Waals surface area contributed by atoms with Crippen LogP contribution in [0, 0.1) is 0 Å². The van der Waals surface area contributed by atoms with Crippen LogP contribution in [0.15, 0.2) is 42.5 Å². The molecule has 5 heterocycles. The van der Waals surface area contributed by atoms with Crippen LogP contribution in [-0.4, -0.2) is 79.5 Å². The van der Waals surface area contributed by atoms with E-state index in [1.54, 1.807) is 7.11 Å². The molecule has 2 aliphatic carbocycles. The Morgan fingerprint density at radius 1 is 0.971 bits per heavy atom. The summed E-state index contributed by atoms with van der Waals surface area (Å²) in [7, 11) is 5.98. The third-order valence-electron chi connectivity index (χ3n) is 10.2. The molecule has 7 aliphatic rings. The highest BCUT2D eigenvalue weighted by Crippen LogP contribution is 2.72. The van der Waals surface area contributed by atoms with Crippen LogP contribution in [0.3, 0.4) is 0 Å². The zero-order valence-corrected chi connectivity index (χ0v) is 20.2. The number of fused-ring (bicyclic) bond motifs is 1. The summed E-state index contributed by atoms with van der Waals surface area (Å²) in [6.07, 6.45) is 4.18. The van der Waals surface area contributed by atoms with Crippen LogP contribution in [0.2, 0.25) is 0 Å². The molecule has 5 aliphatic heterocycles. The molecule has 1 saturated carbocycles. The summed E-state index contributed by atoms with van der Waals surface area (Å²) in [6, 6.07) is 15.6. The number of ether oxygens (including phenoxy) is 3. The fraction of sp³-hybridized carbons (Fsp3) is 0.556. The van der Waals surface area contributed by atoms with Crippen molar-refractivity contribution in [3.05, 3.63) is 53.6 Å². The van der Waals surface area contributed by atoms with Gasteiger partial charge >= 0.3 is 0 Å². The van der Waals surface area contributed by atoms with Crippen molar-refractivity contribution < 1.29 is 14.2 Å². The second-order valence-electron chi connectivity index (χ2n) is 11.0. The first-order chi connectivity index (χ1) is 16.6. The van der Waals surface area contributed by atoms with Gasteiger partial charge in [-0.3, -0.25) is 0 Å². The summed E-state index contributed by atoms with van der Waals surface area (Å²) < 4.78 is 19.5. The van der Waals surface area contributed by atoms with Gasteiger partial charge in [-0.05, 0) is 63.0 Å². The number of rotatable bonds is 3. The molecule has 4 bridgehead atoms. The van der Waals surface area contributed by atoms with Crippen molar-refractivity contribution in [1.82, 2.24) is 14.9 Å². The lowest BCUT2D eigenvalue weighted by molar-refractivity contribution is -0.380. The van der Waals surface area contributed by atoms with Gasteiger partial charge in [-0.25, -0.2) is 5.01 Å². The topological polar surface area (TPSA) is 40.7 Å². The second kappa shape index (κ2) is 6.26. The van der Waals surface area contributed by atoms with Gasteiger partial charge in [0, 0.05) is 24.4 Å². The molecule has 0 radical (unpaired) electrons. The van der Waals surface area contributed by atoms with Crippen molar-refractivity contribution in [3.8, 4) is 11.5 Å². The van der Waals surface area contributed by atoms with Crippen molar-refractivity contribution >= 4 is 5.69 Å². The Kier molecular flexibility index (Phi) is 3.67. The fourth-order valence-corrected chi connectivity index (χ4v) is 8.98. The van der Waals surface area contributed by atoms with Crippen LogP contribution in [0.4, 0.5) is 5.69 Å². The number of hydrogen-bond acceptors (Lipinski definition) is 7. The summed E-state index contributed by atoms with van der Waals surface area (Å²) in [6.45, 7) is 2.77. The molecule has 7 nitrogen and oxygen atoms in total. The molecular weight excluding hydrogens is 428 g/mol. The van der Waals surface area contributed by atoms with Gasteiger partial charge in [-0.2, -0.15) is 5.01 Å². The zero-order valence-electron chi connectivity index (χ0n) is 20.2. The molecule has 4 saturated heterocycles. The Bertz CT molecular complexity index is 1190. The Hall–Kier alpha value is -2.32. The van der Waals surface area contributed by atoms with E-state index in [-0.39, 0.29) is 17.1 Å². The summed E-state index contributed by atoms with van der Waals surface area (Å²) in [5.74, 6) is 1.84. The van der Waals surface area contributed by atoms with Gasteiger partial charge in [0.1, 0.15) is 0 Å². The first-order valence-corrected chi connectivity index (χ1v) is 12.6. The molecule has 0 amide bonds. The normalized spacial score (nSPS) is 39.7. The number of hydrogen-bond donors (Lipinski definition) is 0. The molecular formula is C27H32N4O3. The van der Waals surface area contributed by atoms with E-state index in [0.29, 0.717) is 6.04 Å². The van der Waals surface area contributed by atoms with Gasteiger partial charge in [0.05, 0.1) is 31.4 Å². The van der Waals surface area contributed by atoms with Gasteiger partial charge in [-0.15, -0.1) is 0 Å². The van der Waals surface area contributed by atoms with E-state index in [4.69, 9.17) is 14.2 Å². The van der Waals surface area contributed by atoms with Crippen LogP contribution < -0.4 is 14.4 Å². The molecule has 9 rings (SSSR count). The minimum absolute atomic E-state index is 0.0287. The molecule has 34 heavy (non-hydrogen) atoms. The van der Waals surface area contributed by atoms with Crippen LogP contribution in [0.5, 0.6) is 11.5 Å². The number of methoxy groups -OCH3 is 2. The van der Waals surface area contributed by atoms with E-state index >= 15 is 0 Å². The molecule has 2 spiro atoms. The maximum Gasteiger partial charge on any atom is 0.173 e. The predicted molar refractivity (Wildman–Crippen MR) is 128 cm³/mol. The SMILES string of the molecule is COc1ccc2c3c1OC1C4(OC)CCC5(C(C2)N(C)CCC315)N1CN(c2ccccc2)CN14. The molecule has 5 atom stereocenters. The van der Waals surface area contributed by atoms with Gasteiger partial charge in [-0.1, -0.05) is 24.3 Å². The minimum Gasteiger partial charge on any atom is -0.493 e. The third-order valence-corrected chi connectivity index (χ3v) is 10.2. The molecule has 178 valence electrons. The maximum absolute atomic E-state index is 7.05. The van der Waals surface area contributed by atoms with Gasteiger partial charge in [0.25, 0.3) is 0 Å². The van der Waals surface area contributed by atoms with E-state index in [1.165, 1.54) is 16.8 Å². The molecule has 5 fully saturated rings. The number of likely N-dealkylation sites (N-methyl/N-ethyl adjacent to an activating group) is 1. The smallest absolute Gasteiger partial charge is 0.173 e. The largest absolute Gasteiger partial charge is 0.493 e. The lowest BCUT2D eigenvalue weighted by atomic mass is 9.44. The van der Waals surface area contributed by atoms with Crippen molar-refractivity contribution in [2.75, 3.05) is 46.0 Å². The Balaban J connectivity index is 1.39. The van der Waals surface area contributed by atoms with Crippen molar-refractivity contribution in [1.29, 1.82) is 0 Å². The van der Waals surface area contributed by atoms with Crippen LogP contribution in [0.25, 0.3) is 0 Å². The average Bonchev–Trinajstić information content (AvgIpc) is 3.49. The molecule has 2 aromatic carbocycles. The van der Waals surface area contributed by atoms with Gasteiger partial charge in [0.15, 0.2) is 23.3 Å². The number of anilines is 1. The summed E-state index contributed by atoms with van der Waals surface area (Å²) in [5.41, 5.74) is 3.49. The molecule has 0 aromatic heterocycles. The van der Waals surface area contributed by atoms with E-state index in [2.05, 4.69) is 69.3 Å². The lowest BCUT2D eigenvalue weighted by Gasteiger charge is -2.76. The van der Waals surface area contributed by atoms with E-state index in [1.807, 2.05) is 7.11 Å². The number of para-hydroxylation sites is 1. The second-order valence-corrected chi connectivity index (χ2v) is 11.0. The molecule has 2 aromatic rings. The maximum atomic E-state index is 7.05. The fourth-order valence-electron chi connectivity index (χ4n) is 8.98. The monoisotopic (exact) mass is 460 g/mol. The highest BCUT2D eigenvalue weighted by molar-refractivity contribution is 5.65. The van der Waals surface area contributed by atoms with Gasteiger partial charge < -0.3 is 24.0 Å². The van der Waals surface area contributed by atoms with Gasteiger partial charge in [0.2, 0.25) is 0 Å². The van der Waals surface area contributed by atoms with Crippen molar-refractivity contribution in [2.24, 2.45) is 0 Å². The highest BCUT2D eigenvalue weighted by atomic mass is 16.6. The number of likely N-dealkylation sites (tertiary alicyclic amines) is 1. The first kappa shape index (κ1) is 19.9. The van der Waals surface area contributed by atoms with E-state index in [0.717, 1.165) is 57.1 Å². The van der Waals surface area contributed by atoms with Crippen molar-refractivity contribution in [3.63, 3.8) is 0 Å². The van der Waals surface area contributed by atoms with E-state index in [9.17, 15) is 0 Å². The Morgan fingerprint density at radius 3 is 2.59 bits per heavy atom.